The van der Waals surface area contributed by atoms with Crippen molar-refractivity contribution < 1.29 is 8.78 Å². The Morgan fingerprint density at radius 1 is 1.33 bits per heavy atom. The van der Waals surface area contributed by atoms with E-state index in [1.54, 1.807) is 31.6 Å². The zero-order valence-corrected chi connectivity index (χ0v) is 10.3. The minimum Gasteiger partial charge on any atom is -0.396 e. The van der Waals surface area contributed by atoms with E-state index in [9.17, 15) is 8.78 Å². The van der Waals surface area contributed by atoms with Crippen molar-refractivity contribution >= 4 is 5.69 Å². The molecule has 0 aliphatic heterocycles. The van der Waals surface area contributed by atoms with Gasteiger partial charge in [0.1, 0.15) is 11.9 Å². The highest BCUT2D eigenvalue weighted by Gasteiger charge is 2.29. The number of aryl methyl sites for hydroxylation is 1. The molecule has 0 fully saturated rings. The van der Waals surface area contributed by atoms with Gasteiger partial charge < -0.3 is 5.73 Å². The topological polar surface area (TPSA) is 74.5 Å². The molecule has 0 aliphatic carbocycles. The third-order valence-corrected chi connectivity index (χ3v) is 2.77. The molecule has 6 nitrogen and oxygen atoms in total. The van der Waals surface area contributed by atoms with Gasteiger partial charge in [0, 0.05) is 6.20 Å². The molecule has 2 aromatic rings. The summed E-state index contributed by atoms with van der Waals surface area (Å²) < 4.78 is 27.0. The van der Waals surface area contributed by atoms with Crippen molar-refractivity contribution in [2.45, 2.75) is 32.9 Å². The van der Waals surface area contributed by atoms with Gasteiger partial charge in [0.2, 0.25) is 0 Å². The number of halogens is 2. The van der Waals surface area contributed by atoms with Crippen LogP contribution >= 0.6 is 0 Å². The van der Waals surface area contributed by atoms with Crippen molar-refractivity contribution in [3.8, 4) is 0 Å². The van der Waals surface area contributed by atoms with E-state index in [1.165, 1.54) is 0 Å². The summed E-state index contributed by atoms with van der Waals surface area (Å²) in [5, 5.41) is 7.98. The Bertz CT molecular complexity index is 537. The molecule has 0 atom stereocenters. The molecule has 18 heavy (non-hydrogen) atoms. The van der Waals surface area contributed by atoms with E-state index < -0.39 is 12.1 Å². The van der Waals surface area contributed by atoms with E-state index in [1.807, 2.05) is 0 Å². The molecule has 2 aromatic heterocycles. The number of nitrogens with zero attached hydrogens (tertiary/aromatic N) is 5. The fraction of sp³-hybridized carbons (Fsp3) is 0.500. The molecule has 0 aliphatic rings. The summed E-state index contributed by atoms with van der Waals surface area (Å²) in [7, 11) is 0. The number of anilines is 1. The van der Waals surface area contributed by atoms with Gasteiger partial charge >= 0.3 is 6.55 Å². The Morgan fingerprint density at radius 2 is 2.00 bits per heavy atom. The molecule has 98 valence electrons. The molecular weight excluding hydrogens is 242 g/mol. The predicted molar refractivity (Wildman–Crippen MR) is 61.1 cm³/mol. The van der Waals surface area contributed by atoms with E-state index in [0.29, 0.717) is 16.1 Å². The van der Waals surface area contributed by atoms with Crippen LogP contribution in [0.4, 0.5) is 14.5 Å². The van der Waals surface area contributed by atoms with Crippen molar-refractivity contribution in [2.75, 3.05) is 5.73 Å². The average molecular weight is 256 g/mol. The molecule has 0 aromatic carbocycles. The number of alkyl halides is 2. The van der Waals surface area contributed by atoms with Crippen LogP contribution in [0, 0.1) is 6.92 Å². The molecular formula is C10H14F2N6. The summed E-state index contributed by atoms with van der Waals surface area (Å²) in [5.74, 6) is 0.255. The van der Waals surface area contributed by atoms with Crippen LogP contribution in [0.1, 0.15) is 31.9 Å². The van der Waals surface area contributed by atoms with Crippen LogP contribution < -0.4 is 5.73 Å². The van der Waals surface area contributed by atoms with Gasteiger partial charge in [-0.1, -0.05) is 0 Å². The predicted octanol–water partition coefficient (Wildman–Crippen LogP) is 1.54. The Morgan fingerprint density at radius 3 is 2.44 bits per heavy atom. The lowest BCUT2D eigenvalue weighted by atomic mass is 10.1. The lowest BCUT2D eigenvalue weighted by Gasteiger charge is -2.21. The zero-order valence-electron chi connectivity index (χ0n) is 10.3. The smallest absolute Gasteiger partial charge is 0.334 e. The van der Waals surface area contributed by atoms with E-state index in [2.05, 4.69) is 15.2 Å². The monoisotopic (exact) mass is 256 g/mol. The summed E-state index contributed by atoms with van der Waals surface area (Å²) in [6.45, 7) is 2.63. The summed E-state index contributed by atoms with van der Waals surface area (Å²) in [6.07, 6.45) is 2.64. The normalized spacial score (nSPS) is 12.3. The molecule has 2 N–H and O–H groups in total. The molecule has 0 saturated carbocycles. The second kappa shape index (κ2) is 4.04. The number of hydrogen-bond acceptors (Lipinski definition) is 4. The van der Waals surface area contributed by atoms with E-state index >= 15 is 0 Å². The van der Waals surface area contributed by atoms with Gasteiger partial charge in [-0.05, 0) is 20.8 Å². The van der Waals surface area contributed by atoms with Crippen LogP contribution in [-0.2, 0) is 5.54 Å². The Hall–Kier alpha value is -1.99. The van der Waals surface area contributed by atoms with E-state index in [-0.39, 0.29) is 5.82 Å². The molecule has 8 heteroatoms. The van der Waals surface area contributed by atoms with Crippen LogP contribution in [0.2, 0.25) is 0 Å². The van der Waals surface area contributed by atoms with Crippen molar-refractivity contribution in [2.24, 2.45) is 0 Å². The first kappa shape index (κ1) is 12.5. The second-order valence-corrected chi connectivity index (χ2v) is 4.50. The molecule has 0 saturated heterocycles. The van der Waals surface area contributed by atoms with Crippen LogP contribution in [0.5, 0.6) is 0 Å². The van der Waals surface area contributed by atoms with Gasteiger partial charge in [-0.15, -0.1) is 5.10 Å². The van der Waals surface area contributed by atoms with Crippen molar-refractivity contribution in [3.63, 3.8) is 0 Å². The maximum atomic E-state index is 12.5. The highest BCUT2D eigenvalue weighted by atomic mass is 19.3. The van der Waals surface area contributed by atoms with Gasteiger partial charge in [0.25, 0.3) is 0 Å². The molecule has 0 amide bonds. The second-order valence-electron chi connectivity index (χ2n) is 4.50. The quantitative estimate of drug-likeness (QED) is 0.904. The lowest BCUT2D eigenvalue weighted by Crippen LogP contribution is -2.30. The van der Waals surface area contributed by atoms with Gasteiger partial charge in [0.05, 0.1) is 11.4 Å². The Labute approximate surface area is 102 Å². The van der Waals surface area contributed by atoms with Gasteiger partial charge in [-0.2, -0.15) is 18.6 Å². The van der Waals surface area contributed by atoms with Crippen LogP contribution in [0.15, 0.2) is 12.5 Å². The van der Waals surface area contributed by atoms with Crippen molar-refractivity contribution in [1.29, 1.82) is 0 Å². The maximum absolute atomic E-state index is 12.5. The Kier molecular flexibility index (Phi) is 2.80. The maximum Gasteiger partial charge on any atom is 0.334 e. The van der Waals surface area contributed by atoms with Gasteiger partial charge in [-0.25, -0.2) is 4.98 Å². The van der Waals surface area contributed by atoms with Crippen LogP contribution in [-0.4, -0.2) is 24.5 Å². The fourth-order valence-corrected chi connectivity index (χ4v) is 1.51. The standard InChI is InChI=1S/C10H14F2N6/c1-6-7(13)4-18(15-6)10(2,3)8-14-5-17(16-8)9(11)12/h4-5,9H,13H2,1-3H3. The molecule has 2 heterocycles. The highest BCUT2D eigenvalue weighted by Crippen LogP contribution is 2.24. The molecule has 0 bridgehead atoms. The summed E-state index contributed by atoms with van der Waals surface area (Å²) in [6, 6.07) is 0. The Balaban J connectivity index is 2.40. The summed E-state index contributed by atoms with van der Waals surface area (Å²) in [4.78, 5) is 3.89. The zero-order chi connectivity index (χ0) is 13.5. The highest BCUT2D eigenvalue weighted by molar-refractivity contribution is 5.40. The third-order valence-electron chi connectivity index (χ3n) is 2.77. The number of aromatic nitrogens is 5. The van der Waals surface area contributed by atoms with Gasteiger partial charge in [-0.3, -0.25) is 4.68 Å². The van der Waals surface area contributed by atoms with Crippen molar-refractivity contribution in [1.82, 2.24) is 24.5 Å². The first-order valence-corrected chi connectivity index (χ1v) is 5.34. The first-order chi connectivity index (χ1) is 8.32. The molecule has 2 rings (SSSR count). The van der Waals surface area contributed by atoms with E-state index in [0.717, 1.165) is 6.33 Å². The van der Waals surface area contributed by atoms with Crippen molar-refractivity contribution in [3.05, 3.63) is 24.0 Å². The fourth-order valence-electron chi connectivity index (χ4n) is 1.51. The van der Waals surface area contributed by atoms with Crippen LogP contribution in [0.3, 0.4) is 0 Å². The SMILES string of the molecule is Cc1nn(C(C)(C)c2ncn(C(F)F)n2)cc1N. The first-order valence-electron chi connectivity index (χ1n) is 5.34. The number of rotatable bonds is 3. The molecule has 0 spiro atoms. The molecule has 0 radical (unpaired) electrons. The van der Waals surface area contributed by atoms with E-state index in [4.69, 9.17) is 5.73 Å². The largest absolute Gasteiger partial charge is 0.396 e. The third kappa shape index (κ3) is 1.93. The minimum absolute atomic E-state index is 0.255. The lowest BCUT2D eigenvalue weighted by molar-refractivity contribution is 0.0553. The van der Waals surface area contributed by atoms with Gasteiger partial charge in [0.15, 0.2) is 5.82 Å². The minimum atomic E-state index is -2.70. The average Bonchev–Trinajstić information content (AvgIpc) is 2.87. The number of hydrogen-bond donors (Lipinski definition) is 1. The number of nitrogens with two attached hydrogens (primary N) is 1. The summed E-state index contributed by atoms with van der Waals surface area (Å²) in [5.41, 5.74) is 6.19. The number of nitrogen functional groups attached to an aromatic ring is 1. The van der Waals surface area contributed by atoms with Crippen LogP contribution in [0.25, 0.3) is 0 Å². The summed E-state index contributed by atoms with van der Waals surface area (Å²) >= 11 is 0. The molecule has 0 unspecified atom stereocenters.